The summed E-state index contributed by atoms with van der Waals surface area (Å²) in [5.41, 5.74) is 0.220. The van der Waals surface area contributed by atoms with Crippen LogP contribution in [0.4, 0.5) is 13.2 Å². The van der Waals surface area contributed by atoms with E-state index < -0.39 is 39.4 Å². The minimum Gasteiger partial charge on any atom is -0.227 e. The van der Waals surface area contributed by atoms with Crippen molar-refractivity contribution >= 4 is 9.84 Å². The van der Waals surface area contributed by atoms with E-state index in [0.717, 1.165) is 18.6 Å². The zero-order valence-corrected chi connectivity index (χ0v) is 12.2. The highest BCUT2D eigenvalue weighted by Gasteiger charge is 2.36. The van der Waals surface area contributed by atoms with Gasteiger partial charge in [0.2, 0.25) is 15.0 Å². The zero-order chi connectivity index (χ0) is 17.0. The average Bonchev–Trinajstić information content (AvgIpc) is 2.37. The zero-order valence-electron chi connectivity index (χ0n) is 11.4. The van der Waals surface area contributed by atoms with Crippen molar-refractivity contribution in [2.75, 3.05) is 6.26 Å². The number of sulfone groups is 1. The highest BCUT2D eigenvalue weighted by atomic mass is 32.2. The fourth-order valence-electron chi connectivity index (χ4n) is 1.79. The van der Waals surface area contributed by atoms with E-state index >= 15 is 0 Å². The smallest absolute Gasteiger partial charge is 0.227 e. The molecule has 1 aromatic rings. The van der Waals surface area contributed by atoms with Gasteiger partial charge in [-0.05, 0) is 12.0 Å². The third-order valence-electron chi connectivity index (χ3n) is 2.75. The van der Waals surface area contributed by atoms with E-state index in [4.69, 9.17) is 10.5 Å². The highest BCUT2D eigenvalue weighted by Crippen LogP contribution is 2.31. The molecule has 0 amide bonds. The van der Waals surface area contributed by atoms with Gasteiger partial charge in [0.25, 0.3) is 0 Å². The molecule has 1 heterocycles. The van der Waals surface area contributed by atoms with Crippen LogP contribution in [0.5, 0.6) is 0 Å². The maximum Gasteiger partial charge on any atom is 0.389 e. The Labute approximate surface area is 125 Å². The molecule has 0 aliphatic heterocycles. The Kier molecular flexibility index (Phi) is 5.44. The standard InChI is InChI=1S/C12H11F3N4O2S/c1-22(20,21)11-18-6-8(7-19-11)2-9(3-12(13,14)15)10(4-16)5-17/h6-7,9-10H,2-3H2,1H3. The number of aromatic nitrogens is 2. The van der Waals surface area contributed by atoms with Crippen LogP contribution in [0.15, 0.2) is 17.6 Å². The highest BCUT2D eigenvalue weighted by molar-refractivity contribution is 7.90. The van der Waals surface area contributed by atoms with Crippen LogP contribution < -0.4 is 0 Å². The van der Waals surface area contributed by atoms with Gasteiger partial charge in [0.15, 0.2) is 0 Å². The Morgan fingerprint density at radius 1 is 1.23 bits per heavy atom. The van der Waals surface area contributed by atoms with Crippen molar-refractivity contribution in [3.63, 3.8) is 0 Å². The Hall–Kier alpha value is -2.20. The molecule has 0 aliphatic rings. The quantitative estimate of drug-likeness (QED) is 0.759. The largest absolute Gasteiger partial charge is 0.389 e. The number of hydrogen-bond acceptors (Lipinski definition) is 6. The van der Waals surface area contributed by atoms with Crippen molar-refractivity contribution in [2.24, 2.45) is 11.8 Å². The minimum absolute atomic E-state index is 0.220. The van der Waals surface area contributed by atoms with Gasteiger partial charge in [0.1, 0.15) is 5.92 Å². The first-order valence-corrected chi connectivity index (χ1v) is 7.83. The SMILES string of the molecule is CS(=O)(=O)c1ncc(CC(CC(F)(F)F)C(C#N)C#N)cn1. The average molecular weight is 332 g/mol. The van der Waals surface area contributed by atoms with Gasteiger partial charge in [-0.25, -0.2) is 18.4 Å². The van der Waals surface area contributed by atoms with Crippen LogP contribution in [0, 0.1) is 34.5 Å². The van der Waals surface area contributed by atoms with Crippen LogP contribution in [0.3, 0.4) is 0 Å². The van der Waals surface area contributed by atoms with Crippen molar-refractivity contribution in [3.8, 4) is 12.1 Å². The van der Waals surface area contributed by atoms with Gasteiger partial charge in [-0.3, -0.25) is 0 Å². The van der Waals surface area contributed by atoms with Crippen molar-refractivity contribution in [2.45, 2.75) is 24.2 Å². The van der Waals surface area contributed by atoms with Gasteiger partial charge in [0.05, 0.1) is 12.1 Å². The molecule has 1 aromatic heterocycles. The lowest BCUT2D eigenvalue weighted by Gasteiger charge is -2.18. The number of halogens is 3. The maximum atomic E-state index is 12.5. The summed E-state index contributed by atoms with van der Waals surface area (Å²) in [6.07, 6.45) is -3.01. The molecule has 6 nitrogen and oxygen atoms in total. The van der Waals surface area contributed by atoms with Crippen molar-refractivity contribution in [3.05, 3.63) is 18.0 Å². The summed E-state index contributed by atoms with van der Waals surface area (Å²) in [6, 6.07) is 3.06. The molecule has 0 N–H and O–H groups in total. The van der Waals surface area contributed by atoms with Crippen LogP contribution in [0.25, 0.3) is 0 Å². The van der Waals surface area contributed by atoms with Crippen LogP contribution in [-0.4, -0.2) is 30.8 Å². The van der Waals surface area contributed by atoms with Crippen LogP contribution in [-0.2, 0) is 16.3 Å². The lowest BCUT2D eigenvalue weighted by molar-refractivity contribution is -0.145. The van der Waals surface area contributed by atoms with Gasteiger partial charge in [-0.1, -0.05) is 0 Å². The molecule has 0 saturated heterocycles. The van der Waals surface area contributed by atoms with Gasteiger partial charge in [-0.2, -0.15) is 23.7 Å². The molecule has 1 unspecified atom stereocenters. The summed E-state index contributed by atoms with van der Waals surface area (Å²) >= 11 is 0. The molecular formula is C12H11F3N4O2S. The minimum atomic E-state index is -4.52. The molecule has 0 aromatic carbocycles. The van der Waals surface area contributed by atoms with E-state index in [9.17, 15) is 21.6 Å². The third kappa shape index (κ3) is 5.30. The lowest BCUT2D eigenvalue weighted by atomic mass is 9.86. The van der Waals surface area contributed by atoms with Crippen molar-refractivity contribution in [1.29, 1.82) is 10.5 Å². The van der Waals surface area contributed by atoms with Crippen LogP contribution >= 0.6 is 0 Å². The summed E-state index contributed by atoms with van der Waals surface area (Å²) < 4.78 is 60.0. The number of alkyl halides is 3. The third-order valence-corrected chi connectivity index (χ3v) is 3.63. The molecule has 0 radical (unpaired) electrons. The first-order chi connectivity index (χ1) is 10.1. The molecule has 0 spiro atoms. The number of hydrogen-bond donors (Lipinski definition) is 0. The molecule has 0 fully saturated rings. The second-order valence-electron chi connectivity index (χ2n) is 4.67. The summed E-state index contributed by atoms with van der Waals surface area (Å²) in [7, 11) is -3.61. The molecular weight excluding hydrogens is 321 g/mol. The summed E-state index contributed by atoms with van der Waals surface area (Å²) in [5, 5.41) is 17.1. The number of nitriles is 2. The monoisotopic (exact) mass is 332 g/mol. The van der Waals surface area contributed by atoms with Crippen molar-refractivity contribution in [1.82, 2.24) is 9.97 Å². The Morgan fingerprint density at radius 3 is 2.09 bits per heavy atom. The van der Waals surface area contributed by atoms with Crippen LogP contribution in [0.2, 0.25) is 0 Å². The molecule has 0 saturated carbocycles. The van der Waals surface area contributed by atoms with E-state index in [1.54, 1.807) is 0 Å². The molecule has 1 rings (SSSR count). The molecule has 1 atom stereocenters. The van der Waals surface area contributed by atoms with E-state index in [1.165, 1.54) is 12.1 Å². The first kappa shape index (κ1) is 17.9. The fraction of sp³-hybridized carbons (Fsp3) is 0.500. The Bertz CT molecular complexity index is 688. The fourth-order valence-corrected chi connectivity index (χ4v) is 2.28. The van der Waals surface area contributed by atoms with E-state index in [2.05, 4.69) is 9.97 Å². The predicted octanol–water partition coefficient (Wildman–Crippen LogP) is 1.65. The van der Waals surface area contributed by atoms with E-state index in [-0.39, 0.29) is 12.0 Å². The lowest BCUT2D eigenvalue weighted by Crippen LogP contribution is -2.23. The Morgan fingerprint density at radius 2 is 1.73 bits per heavy atom. The van der Waals surface area contributed by atoms with Gasteiger partial charge in [0, 0.05) is 31.0 Å². The van der Waals surface area contributed by atoms with Gasteiger partial charge in [-0.15, -0.1) is 0 Å². The summed E-state index contributed by atoms with van der Waals surface area (Å²) in [4.78, 5) is 7.13. The summed E-state index contributed by atoms with van der Waals surface area (Å²) in [5.74, 6) is -2.71. The predicted molar refractivity (Wildman–Crippen MR) is 67.7 cm³/mol. The first-order valence-electron chi connectivity index (χ1n) is 5.94. The second-order valence-corrected chi connectivity index (χ2v) is 6.57. The van der Waals surface area contributed by atoms with Gasteiger partial charge < -0.3 is 0 Å². The Balaban J connectivity index is 3.00. The number of rotatable bonds is 5. The topological polar surface area (TPSA) is 107 Å². The molecule has 10 heteroatoms. The molecule has 118 valence electrons. The van der Waals surface area contributed by atoms with E-state index in [1.807, 2.05) is 0 Å². The number of nitrogens with zero attached hydrogens (tertiary/aromatic N) is 4. The van der Waals surface area contributed by atoms with Crippen molar-refractivity contribution < 1.29 is 21.6 Å². The normalized spacial score (nSPS) is 13.4. The summed E-state index contributed by atoms with van der Waals surface area (Å²) in [6.45, 7) is 0. The molecule has 0 aliphatic carbocycles. The molecule has 22 heavy (non-hydrogen) atoms. The second kappa shape index (κ2) is 6.71. The van der Waals surface area contributed by atoms with Crippen LogP contribution in [0.1, 0.15) is 12.0 Å². The van der Waals surface area contributed by atoms with Gasteiger partial charge >= 0.3 is 6.18 Å². The molecule has 0 bridgehead atoms. The van der Waals surface area contributed by atoms with E-state index in [0.29, 0.717) is 0 Å². The maximum absolute atomic E-state index is 12.5.